The molecule has 0 radical (unpaired) electrons. The highest BCUT2D eigenvalue weighted by atomic mass is 35.5. The fourth-order valence-electron chi connectivity index (χ4n) is 3.52. The highest BCUT2D eigenvalue weighted by molar-refractivity contribution is 6.31. The van der Waals surface area contributed by atoms with Gasteiger partial charge < -0.3 is 23.7 Å². The summed E-state index contributed by atoms with van der Waals surface area (Å²) in [6, 6.07) is 17.0. The predicted octanol–water partition coefficient (Wildman–Crippen LogP) is 4.89. The molecule has 0 bridgehead atoms. The number of methoxy groups -OCH3 is 3. The number of ether oxygens (including phenoxy) is 3. The first-order chi connectivity index (χ1) is 15.5. The molecule has 6 nitrogen and oxygen atoms in total. The molecule has 0 saturated carbocycles. The fourth-order valence-corrected chi connectivity index (χ4v) is 3.71. The lowest BCUT2D eigenvalue weighted by Gasteiger charge is -2.24. The molecule has 7 heteroatoms. The Kier molecular flexibility index (Phi) is 8.59. The van der Waals surface area contributed by atoms with Crippen LogP contribution in [0.5, 0.6) is 11.5 Å². The molecule has 32 heavy (non-hydrogen) atoms. The summed E-state index contributed by atoms with van der Waals surface area (Å²) in [7, 11) is 4.80. The molecule has 1 aromatic heterocycles. The average Bonchev–Trinajstić information content (AvgIpc) is 3.25. The molecule has 2 aromatic carbocycles. The Bertz CT molecular complexity index is 1010. The fraction of sp³-hybridized carbons (Fsp3) is 0.320. The van der Waals surface area contributed by atoms with Crippen LogP contribution in [0.1, 0.15) is 28.0 Å². The molecule has 0 saturated heterocycles. The lowest BCUT2D eigenvalue weighted by atomic mass is 10.1. The third kappa shape index (κ3) is 6.05. The number of amides is 1. The number of hydrogen-bond donors (Lipinski definition) is 0. The zero-order valence-corrected chi connectivity index (χ0v) is 19.5. The number of carbonyl (C=O) groups is 1. The van der Waals surface area contributed by atoms with E-state index in [1.807, 2.05) is 47.5 Å². The monoisotopic (exact) mass is 456 g/mol. The van der Waals surface area contributed by atoms with Crippen molar-refractivity contribution in [1.29, 1.82) is 0 Å². The van der Waals surface area contributed by atoms with Crippen LogP contribution >= 0.6 is 11.6 Å². The minimum atomic E-state index is -0.0937. The van der Waals surface area contributed by atoms with E-state index < -0.39 is 0 Å². The highest BCUT2D eigenvalue weighted by Crippen LogP contribution is 2.24. The molecule has 170 valence electrons. The lowest BCUT2D eigenvalue weighted by Crippen LogP contribution is -2.33. The molecule has 3 rings (SSSR count). The molecule has 1 heterocycles. The van der Waals surface area contributed by atoms with Crippen molar-refractivity contribution < 1.29 is 19.0 Å². The summed E-state index contributed by atoms with van der Waals surface area (Å²) < 4.78 is 18.0. The Morgan fingerprint density at radius 3 is 2.38 bits per heavy atom. The molecule has 0 aliphatic carbocycles. The topological polar surface area (TPSA) is 52.9 Å². The van der Waals surface area contributed by atoms with Crippen molar-refractivity contribution in [3.05, 3.63) is 82.6 Å². The molecule has 0 unspecified atom stereocenters. The lowest BCUT2D eigenvalue weighted by molar-refractivity contribution is 0.0719. The summed E-state index contributed by atoms with van der Waals surface area (Å²) in [5.74, 6) is 1.06. The minimum Gasteiger partial charge on any atom is -0.497 e. The third-order valence-electron chi connectivity index (χ3n) is 5.24. The number of benzene rings is 2. The predicted molar refractivity (Wildman–Crippen MR) is 126 cm³/mol. The largest absolute Gasteiger partial charge is 0.497 e. The van der Waals surface area contributed by atoms with Crippen molar-refractivity contribution >= 4 is 17.5 Å². The van der Waals surface area contributed by atoms with Gasteiger partial charge in [0.05, 0.1) is 20.8 Å². The van der Waals surface area contributed by atoms with Crippen molar-refractivity contribution in [1.82, 2.24) is 9.47 Å². The van der Waals surface area contributed by atoms with E-state index in [2.05, 4.69) is 4.57 Å². The maximum Gasteiger partial charge on any atom is 0.254 e. The third-order valence-corrected chi connectivity index (χ3v) is 5.61. The number of nitrogens with zero attached hydrogens (tertiary/aromatic N) is 2. The summed E-state index contributed by atoms with van der Waals surface area (Å²) in [5, 5.41) is 0.726. The smallest absolute Gasteiger partial charge is 0.254 e. The number of rotatable bonds is 11. The number of hydrogen-bond acceptors (Lipinski definition) is 4. The van der Waals surface area contributed by atoms with Crippen molar-refractivity contribution in [2.45, 2.75) is 19.5 Å². The van der Waals surface area contributed by atoms with E-state index in [0.29, 0.717) is 43.3 Å². The molecule has 3 aromatic rings. The van der Waals surface area contributed by atoms with Crippen LogP contribution in [0.3, 0.4) is 0 Å². The van der Waals surface area contributed by atoms with Crippen LogP contribution in [0.2, 0.25) is 5.02 Å². The van der Waals surface area contributed by atoms with Crippen molar-refractivity contribution in [3.8, 4) is 11.5 Å². The van der Waals surface area contributed by atoms with Gasteiger partial charge in [-0.1, -0.05) is 29.8 Å². The maximum atomic E-state index is 13.5. The Hall–Kier alpha value is -2.96. The van der Waals surface area contributed by atoms with Crippen LogP contribution in [-0.2, 0) is 17.8 Å². The molecular formula is C25H29ClN2O4. The van der Waals surface area contributed by atoms with Gasteiger partial charge in [0.2, 0.25) is 0 Å². The average molecular weight is 457 g/mol. The highest BCUT2D eigenvalue weighted by Gasteiger charge is 2.19. The van der Waals surface area contributed by atoms with Crippen molar-refractivity contribution in [3.63, 3.8) is 0 Å². The standard InChI is InChI=1S/C25H29ClN2O4/c1-30-13-7-12-28(25(29)20-14-22(31-2)16-23(15-20)32-3)18-21-9-6-11-27(21)17-19-8-4-5-10-24(19)26/h4-6,8-11,14-16H,7,12-13,17-18H2,1-3H3. The Morgan fingerprint density at radius 2 is 1.72 bits per heavy atom. The van der Waals surface area contributed by atoms with Gasteiger partial charge in [0.15, 0.2) is 0 Å². The van der Waals surface area contributed by atoms with E-state index in [1.54, 1.807) is 39.5 Å². The Balaban J connectivity index is 1.85. The molecule has 0 atom stereocenters. The van der Waals surface area contributed by atoms with Crippen LogP contribution in [0.4, 0.5) is 0 Å². The van der Waals surface area contributed by atoms with Gasteiger partial charge in [0.1, 0.15) is 11.5 Å². The normalized spacial score (nSPS) is 10.8. The molecule has 0 N–H and O–H groups in total. The summed E-state index contributed by atoms with van der Waals surface area (Å²) in [6.45, 7) is 2.23. The van der Waals surface area contributed by atoms with E-state index in [1.165, 1.54) is 0 Å². The van der Waals surface area contributed by atoms with E-state index in [9.17, 15) is 4.79 Å². The second kappa shape index (κ2) is 11.6. The van der Waals surface area contributed by atoms with Crippen LogP contribution in [-0.4, -0.2) is 49.9 Å². The molecule has 0 fully saturated rings. The molecule has 0 aliphatic rings. The van der Waals surface area contributed by atoms with Gasteiger partial charge in [0.25, 0.3) is 5.91 Å². The van der Waals surface area contributed by atoms with Crippen LogP contribution in [0, 0.1) is 0 Å². The quantitative estimate of drug-likeness (QED) is 0.386. The molecule has 0 aliphatic heterocycles. The summed E-state index contributed by atoms with van der Waals surface area (Å²) in [4.78, 5) is 15.3. The van der Waals surface area contributed by atoms with E-state index in [4.69, 9.17) is 25.8 Å². The first-order valence-electron chi connectivity index (χ1n) is 10.4. The van der Waals surface area contributed by atoms with Crippen LogP contribution < -0.4 is 9.47 Å². The van der Waals surface area contributed by atoms with Crippen LogP contribution in [0.15, 0.2) is 60.8 Å². The minimum absolute atomic E-state index is 0.0937. The number of halogens is 1. The van der Waals surface area contributed by atoms with Crippen molar-refractivity contribution in [2.24, 2.45) is 0 Å². The van der Waals surface area contributed by atoms with Gasteiger partial charge in [-0.25, -0.2) is 0 Å². The van der Waals surface area contributed by atoms with Gasteiger partial charge in [-0.05, 0) is 42.3 Å². The zero-order valence-electron chi connectivity index (χ0n) is 18.7. The number of carbonyl (C=O) groups excluding carboxylic acids is 1. The first kappa shape index (κ1) is 23.7. The SMILES string of the molecule is COCCCN(Cc1cccn1Cc1ccccc1Cl)C(=O)c1cc(OC)cc(OC)c1. The van der Waals surface area contributed by atoms with Crippen LogP contribution in [0.25, 0.3) is 0 Å². The number of aromatic nitrogens is 1. The Labute approximate surface area is 194 Å². The first-order valence-corrected chi connectivity index (χ1v) is 10.8. The van der Waals surface area contributed by atoms with Crippen molar-refractivity contribution in [2.75, 3.05) is 34.5 Å². The van der Waals surface area contributed by atoms with E-state index in [0.717, 1.165) is 22.7 Å². The van der Waals surface area contributed by atoms with Gasteiger partial charge >= 0.3 is 0 Å². The van der Waals surface area contributed by atoms with Gasteiger partial charge in [-0.15, -0.1) is 0 Å². The Morgan fingerprint density at radius 1 is 1.00 bits per heavy atom. The summed E-state index contributed by atoms with van der Waals surface area (Å²) in [5.41, 5.74) is 2.56. The van der Waals surface area contributed by atoms with E-state index >= 15 is 0 Å². The van der Waals surface area contributed by atoms with Gasteiger partial charge in [-0.2, -0.15) is 0 Å². The summed E-state index contributed by atoms with van der Waals surface area (Å²) >= 11 is 6.36. The zero-order chi connectivity index (χ0) is 22.9. The second-order valence-corrected chi connectivity index (χ2v) is 7.80. The second-order valence-electron chi connectivity index (χ2n) is 7.39. The van der Waals surface area contributed by atoms with Gasteiger partial charge in [0, 0.05) is 55.3 Å². The molecular weight excluding hydrogens is 428 g/mol. The van der Waals surface area contributed by atoms with E-state index in [-0.39, 0.29) is 5.91 Å². The van der Waals surface area contributed by atoms with Gasteiger partial charge in [-0.3, -0.25) is 4.79 Å². The molecule has 1 amide bonds. The molecule has 0 spiro atoms. The summed E-state index contributed by atoms with van der Waals surface area (Å²) in [6.07, 6.45) is 2.74. The maximum absolute atomic E-state index is 13.5.